The minimum atomic E-state index is -3.67. The van der Waals surface area contributed by atoms with Gasteiger partial charge in [-0.25, -0.2) is 8.42 Å². The predicted molar refractivity (Wildman–Crippen MR) is 108 cm³/mol. The zero-order chi connectivity index (χ0) is 20.4. The smallest absolute Gasteiger partial charge is 0.246 e. The number of hydrogen-bond donors (Lipinski definition) is 0. The maximum atomic E-state index is 13.3. The minimum absolute atomic E-state index is 0.147. The van der Waals surface area contributed by atoms with Crippen molar-refractivity contribution in [2.75, 3.05) is 27.3 Å². The van der Waals surface area contributed by atoms with Gasteiger partial charge >= 0.3 is 0 Å². The molecule has 0 N–H and O–H groups in total. The van der Waals surface area contributed by atoms with Crippen molar-refractivity contribution in [1.29, 1.82) is 0 Å². The highest BCUT2D eigenvalue weighted by molar-refractivity contribution is 7.89. The fourth-order valence-electron chi connectivity index (χ4n) is 4.29. The molecule has 0 spiro atoms. The maximum absolute atomic E-state index is 13.3. The van der Waals surface area contributed by atoms with Gasteiger partial charge in [-0.3, -0.25) is 0 Å². The Kier molecular flexibility index (Phi) is 5.78. The van der Waals surface area contributed by atoms with Crippen molar-refractivity contribution in [3.05, 3.63) is 29.8 Å². The first-order valence-electron chi connectivity index (χ1n) is 10.2. The summed E-state index contributed by atoms with van der Waals surface area (Å²) in [4.78, 5) is 0.147. The molecule has 0 aliphatic carbocycles. The van der Waals surface area contributed by atoms with Crippen LogP contribution in [0.3, 0.4) is 0 Å². The third kappa shape index (κ3) is 3.85. The molecule has 0 radical (unpaired) electrons. The molecular weight excluding hydrogens is 392 g/mol. The van der Waals surface area contributed by atoms with E-state index < -0.39 is 10.0 Å². The van der Waals surface area contributed by atoms with Crippen molar-refractivity contribution in [3.8, 4) is 11.5 Å². The van der Waals surface area contributed by atoms with E-state index in [0.29, 0.717) is 24.6 Å². The van der Waals surface area contributed by atoms with Crippen molar-refractivity contribution in [2.45, 2.75) is 55.9 Å². The molecule has 0 saturated carbocycles. The van der Waals surface area contributed by atoms with Crippen LogP contribution in [0, 0.1) is 0 Å². The Bertz CT molecular complexity index is 965. The van der Waals surface area contributed by atoms with E-state index in [0.717, 1.165) is 50.3 Å². The highest BCUT2D eigenvalue weighted by Gasteiger charge is 2.34. The van der Waals surface area contributed by atoms with Gasteiger partial charge in [0.2, 0.25) is 10.0 Å². The van der Waals surface area contributed by atoms with Gasteiger partial charge in [0, 0.05) is 38.0 Å². The van der Waals surface area contributed by atoms with Crippen molar-refractivity contribution in [2.24, 2.45) is 0 Å². The highest BCUT2D eigenvalue weighted by atomic mass is 32.2. The van der Waals surface area contributed by atoms with Gasteiger partial charge in [-0.2, -0.15) is 4.31 Å². The fourth-order valence-corrected chi connectivity index (χ4v) is 5.93. The summed E-state index contributed by atoms with van der Waals surface area (Å²) in [6, 6.07) is 4.85. The van der Waals surface area contributed by atoms with Gasteiger partial charge in [0.1, 0.15) is 28.0 Å². The van der Waals surface area contributed by atoms with Crippen LogP contribution in [-0.4, -0.2) is 54.8 Å². The molecule has 0 unspecified atom stereocenters. The van der Waals surface area contributed by atoms with Crippen molar-refractivity contribution in [1.82, 2.24) is 19.1 Å². The Balaban J connectivity index is 1.52. The van der Waals surface area contributed by atoms with Gasteiger partial charge in [0.05, 0.1) is 14.2 Å². The number of methoxy groups -OCH3 is 2. The third-order valence-corrected chi connectivity index (χ3v) is 7.87. The summed E-state index contributed by atoms with van der Waals surface area (Å²) in [6.45, 7) is 1.88. The molecule has 0 amide bonds. The number of piperidine rings is 1. The van der Waals surface area contributed by atoms with Crippen LogP contribution >= 0.6 is 0 Å². The SMILES string of the molecule is COc1ccc(OC)c(S(=O)(=O)N2CCC(c3nnc4n3CCCCC4)CC2)c1. The molecule has 2 aliphatic heterocycles. The molecule has 8 nitrogen and oxygen atoms in total. The van der Waals surface area contributed by atoms with Gasteiger partial charge in [-0.05, 0) is 37.8 Å². The molecule has 0 atom stereocenters. The molecule has 4 rings (SSSR count). The summed E-state index contributed by atoms with van der Waals surface area (Å²) in [5, 5.41) is 8.87. The summed E-state index contributed by atoms with van der Waals surface area (Å²) in [5.41, 5.74) is 0. The zero-order valence-corrected chi connectivity index (χ0v) is 17.8. The van der Waals surface area contributed by atoms with Crippen LogP contribution in [0.2, 0.25) is 0 Å². The van der Waals surface area contributed by atoms with Crippen LogP contribution in [-0.2, 0) is 23.0 Å². The lowest BCUT2D eigenvalue weighted by molar-refractivity contribution is 0.306. The Hall–Kier alpha value is -2.13. The number of ether oxygens (including phenoxy) is 2. The van der Waals surface area contributed by atoms with Crippen LogP contribution in [0.25, 0.3) is 0 Å². The van der Waals surface area contributed by atoms with E-state index in [9.17, 15) is 8.42 Å². The molecule has 1 saturated heterocycles. The fraction of sp³-hybridized carbons (Fsp3) is 0.600. The molecule has 29 heavy (non-hydrogen) atoms. The number of hydrogen-bond acceptors (Lipinski definition) is 6. The van der Waals surface area contributed by atoms with E-state index in [1.54, 1.807) is 16.4 Å². The normalized spacial score (nSPS) is 18.8. The summed E-state index contributed by atoms with van der Waals surface area (Å²) in [7, 11) is -0.672. The van der Waals surface area contributed by atoms with Crippen LogP contribution < -0.4 is 9.47 Å². The van der Waals surface area contributed by atoms with Crippen molar-refractivity contribution < 1.29 is 17.9 Å². The maximum Gasteiger partial charge on any atom is 0.246 e. The number of fused-ring (bicyclic) bond motifs is 1. The summed E-state index contributed by atoms with van der Waals surface area (Å²) < 4.78 is 40.8. The van der Waals surface area contributed by atoms with Gasteiger partial charge in [-0.1, -0.05) is 6.42 Å². The molecule has 1 fully saturated rings. The number of nitrogens with zero attached hydrogens (tertiary/aromatic N) is 4. The molecule has 2 aliphatic rings. The Morgan fingerprint density at radius 3 is 2.52 bits per heavy atom. The van der Waals surface area contributed by atoms with E-state index in [4.69, 9.17) is 9.47 Å². The highest BCUT2D eigenvalue weighted by Crippen LogP contribution is 2.35. The van der Waals surface area contributed by atoms with Gasteiger partial charge in [0.15, 0.2) is 0 Å². The van der Waals surface area contributed by atoms with Crippen LogP contribution in [0.1, 0.15) is 49.7 Å². The largest absolute Gasteiger partial charge is 0.497 e. The van der Waals surface area contributed by atoms with E-state index in [2.05, 4.69) is 14.8 Å². The topological polar surface area (TPSA) is 86.6 Å². The van der Waals surface area contributed by atoms with Crippen molar-refractivity contribution in [3.63, 3.8) is 0 Å². The Morgan fingerprint density at radius 1 is 1.00 bits per heavy atom. The Labute approximate surface area is 171 Å². The zero-order valence-electron chi connectivity index (χ0n) is 17.0. The molecule has 1 aromatic heterocycles. The lowest BCUT2D eigenvalue weighted by Gasteiger charge is -2.31. The van der Waals surface area contributed by atoms with Gasteiger partial charge < -0.3 is 14.0 Å². The third-order valence-electron chi connectivity index (χ3n) is 5.95. The number of rotatable bonds is 5. The van der Waals surface area contributed by atoms with Crippen LogP contribution in [0.4, 0.5) is 0 Å². The van der Waals surface area contributed by atoms with Gasteiger partial charge in [-0.15, -0.1) is 10.2 Å². The average molecular weight is 421 g/mol. The number of aryl methyl sites for hydroxylation is 1. The average Bonchev–Trinajstić information content (AvgIpc) is 3.01. The number of benzene rings is 1. The lowest BCUT2D eigenvalue weighted by atomic mass is 9.97. The summed E-state index contributed by atoms with van der Waals surface area (Å²) >= 11 is 0. The monoisotopic (exact) mass is 420 g/mol. The first kappa shape index (κ1) is 20.2. The summed E-state index contributed by atoms with van der Waals surface area (Å²) in [6.07, 6.45) is 6.00. The second-order valence-electron chi connectivity index (χ2n) is 7.63. The van der Waals surface area contributed by atoms with E-state index >= 15 is 0 Å². The molecular formula is C20H28N4O4S. The summed E-state index contributed by atoms with van der Waals surface area (Å²) in [5.74, 6) is 3.17. The molecule has 158 valence electrons. The second kappa shape index (κ2) is 8.31. The quantitative estimate of drug-likeness (QED) is 0.739. The molecule has 2 aromatic rings. The van der Waals surface area contributed by atoms with Crippen LogP contribution in [0.15, 0.2) is 23.1 Å². The standard InChI is InChI=1S/C20H28N4O4S/c1-27-16-7-8-17(28-2)18(14-16)29(25,26)23-12-9-15(10-13-23)20-22-21-19-6-4-3-5-11-24(19)20/h7-8,14-15H,3-6,9-13H2,1-2H3. The minimum Gasteiger partial charge on any atom is -0.497 e. The van der Waals surface area contributed by atoms with Crippen LogP contribution in [0.5, 0.6) is 11.5 Å². The van der Waals surface area contributed by atoms with E-state index in [1.165, 1.54) is 26.7 Å². The van der Waals surface area contributed by atoms with E-state index in [1.807, 2.05) is 0 Å². The first-order chi connectivity index (χ1) is 14.0. The lowest BCUT2D eigenvalue weighted by Crippen LogP contribution is -2.38. The first-order valence-corrected chi connectivity index (χ1v) is 11.6. The van der Waals surface area contributed by atoms with Gasteiger partial charge in [0.25, 0.3) is 0 Å². The van der Waals surface area contributed by atoms with E-state index in [-0.39, 0.29) is 10.8 Å². The van der Waals surface area contributed by atoms with Crippen molar-refractivity contribution >= 4 is 10.0 Å². The molecule has 1 aromatic carbocycles. The molecule has 0 bridgehead atoms. The molecule has 3 heterocycles. The second-order valence-corrected chi connectivity index (χ2v) is 9.54. The number of sulfonamides is 1. The molecule has 9 heteroatoms. The predicted octanol–water partition coefficient (Wildman–Crippen LogP) is 2.59. The Morgan fingerprint density at radius 2 is 1.79 bits per heavy atom. The number of aromatic nitrogens is 3.